The van der Waals surface area contributed by atoms with Crippen molar-refractivity contribution in [1.82, 2.24) is 0 Å². The Morgan fingerprint density at radius 2 is 1.80 bits per heavy atom. The van der Waals surface area contributed by atoms with Crippen molar-refractivity contribution in [2.75, 3.05) is 10.5 Å². The van der Waals surface area contributed by atoms with Gasteiger partial charge in [-0.3, -0.25) is 4.72 Å². The lowest BCUT2D eigenvalue weighted by molar-refractivity contribution is 0.601. The van der Waals surface area contributed by atoms with E-state index in [1.165, 1.54) is 6.07 Å². The Morgan fingerprint density at radius 1 is 1.10 bits per heavy atom. The van der Waals surface area contributed by atoms with Gasteiger partial charge in [-0.2, -0.15) is 0 Å². The highest BCUT2D eigenvalue weighted by Gasteiger charge is 2.16. The zero-order valence-corrected chi connectivity index (χ0v) is 13.5. The fraction of sp³-hybridized carbons (Fsp3) is 0.143. The molecule has 0 aromatic heterocycles. The highest BCUT2D eigenvalue weighted by Crippen LogP contribution is 2.26. The van der Waals surface area contributed by atoms with Crippen molar-refractivity contribution in [2.24, 2.45) is 0 Å². The Bertz CT molecular complexity index is 758. The van der Waals surface area contributed by atoms with Crippen molar-refractivity contribution in [2.45, 2.75) is 18.7 Å². The van der Waals surface area contributed by atoms with Crippen LogP contribution in [-0.2, 0) is 10.0 Å². The van der Waals surface area contributed by atoms with Crippen molar-refractivity contribution in [3.05, 3.63) is 52.0 Å². The molecule has 6 heteroatoms. The van der Waals surface area contributed by atoms with Crippen LogP contribution in [0, 0.1) is 13.8 Å². The Labute approximate surface area is 127 Å². The molecule has 0 spiro atoms. The number of benzene rings is 2. The second-order valence-electron chi connectivity index (χ2n) is 4.61. The number of halogens is 1. The van der Waals surface area contributed by atoms with Crippen LogP contribution in [0.3, 0.4) is 0 Å². The van der Waals surface area contributed by atoms with E-state index in [2.05, 4.69) is 20.7 Å². The number of anilines is 2. The highest BCUT2D eigenvalue weighted by molar-refractivity contribution is 9.10. The molecule has 0 atom stereocenters. The Morgan fingerprint density at radius 3 is 2.45 bits per heavy atom. The number of rotatable bonds is 3. The molecule has 0 amide bonds. The molecular formula is C14H15BrN2O2S. The lowest BCUT2D eigenvalue weighted by atomic mass is 10.2. The largest absolute Gasteiger partial charge is 0.399 e. The standard InChI is InChI=1S/C14H15BrN2O2S/c1-9-3-5-12(15)14(7-9)17-20(18,19)11-4-6-13(16)10(2)8-11/h3-8,17H,16H2,1-2H3. The van der Waals surface area contributed by atoms with Gasteiger partial charge in [0.2, 0.25) is 0 Å². The predicted molar refractivity (Wildman–Crippen MR) is 85.3 cm³/mol. The van der Waals surface area contributed by atoms with Gasteiger partial charge < -0.3 is 5.73 Å². The van der Waals surface area contributed by atoms with Gasteiger partial charge in [0.1, 0.15) is 0 Å². The smallest absolute Gasteiger partial charge is 0.261 e. The fourth-order valence-corrected chi connectivity index (χ4v) is 3.37. The summed E-state index contributed by atoms with van der Waals surface area (Å²) in [5.41, 5.74) is 8.49. The molecule has 20 heavy (non-hydrogen) atoms. The number of nitrogen functional groups attached to an aromatic ring is 1. The summed E-state index contributed by atoms with van der Waals surface area (Å²) in [4.78, 5) is 0.192. The molecule has 0 aliphatic carbocycles. The summed E-state index contributed by atoms with van der Waals surface area (Å²) in [6, 6.07) is 10.1. The second-order valence-corrected chi connectivity index (χ2v) is 7.14. The molecule has 0 radical (unpaired) electrons. The molecule has 0 saturated heterocycles. The monoisotopic (exact) mass is 354 g/mol. The van der Waals surface area contributed by atoms with Gasteiger partial charge in [-0.15, -0.1) is 0 Å². The molecule has 3 N–H and O–H groups in total. The number of nitrogens with two attached hydrogens (primary N) is 1. The zero-order valence-electron chi connectivity index (χ0n) is 11.1. The van der Waals surface area contributed by atoms with E-state index in [1.54, 1.807) is 31.2 Å². The van der Waals surface area contributed by atoms with Gasteiger partial charge in [0.25, 0.3) is 10.0 Å². The van der Waals surface area contributed by atoms with Gasteiger partial charge in [-0.1, -0.05) is 6.07 Å². The van der Waals surface area contributed by atoms with Crippen molar-refractivity contribution >= 4 is 37.3 Å². The number of hydrogen-bond donors (Lipinski definition) is 2. The lowest BCUT2D eigenvalue weighted by Crippen LogP contribution is -2.13. The molecule has 0 fully saturated rings. The van der Waals surface area contributed by atoms with Crippen LogP contribution < -0.4 is 10.5 Å². The van der Waals surface area contributed by atoms with E-state index in [1.807, 2.05) is 13.0 Å². The molecule has 2 rings (SSSR count). The first-order chi connectivity index (χ1) is 9.29. The minimum Gasteiger partial charge on any atom is -0.399 e. The lowest BCUT2D eigenvalue weighted by Gasteiger charge is -2.11. The van der Waals surface area contributed by atoms with E-state index in [-0.39, 0.29) is 4.90 Å². The summed E-state index contributed by atoms with van der Waals surface area (Å²) in [6.07, 6.45) is 0. The molecule has 0 aliphatic rings. The second kappa shape index (κ2) is 5.46. The minimum absolute atomic E-state index is 0.192. The Hall–Kier alpha value is -1.53. The number of aryl methyl sites for hydroxylation is 2. The summed E-state index contributed by atoms with van der Waals surface area (Å²) in [7, 11) is -3.63. The van der Waals surface area contributed by atoms with Crippen LogP contribution in [0.5, 0.6) is 0 Å². The van der Waals surface area contributed by atoms with Gasteiger partial charge in [0.15, 0.2) is 0 Å². The molecule has 0 aliphatic heterocycles. The predicted octanol–water partition coefficient (Wildman–Crippen LogP) is 3.45. The van der Waals surface area contributed by atoms with E-state index in [4.69, 9.17) is 5.73 Å². The van der Waals surface area contributed by atoms with Crippen LogP contribution in [0.1, 0.15) is 11.1 Å². The molecule has 4 nitrogen and oxygen atoms in total. The number of hydrogen-bond acceptors (Lipinski definition) is 3. The summed E-state index contributed by atoms with van der Waals surface area (Å²) in [5, 5.41) is 0. The van der Waals surface area contributed by atoms with E-state index < -0.39 is 10.0 Å². The van der Waals surface area contributed by atoms with E-state index in [0.717, 1.165) is 11.1 Å². The molecule has 0 heterocycles. The maximum absolute atomic E-state index is 12.4. The first-order valence-electron chi connectivity index (χ1n) is 5.95. The fourth-order valence-electron chi connectivity index (χ4n) is 1.74. The maximum Gasteiger partial charge on any atom is 0.261 e. The van der Waals surface area contributed by atoms with E-state index in [0.29, 0.717) is 15.8 Å². The third-order valence-electron chi connectivity index (χ3n) is 2.92. The zero-order chi connectivity index (χ0) is 14.9. The van der Waals surface area contributed by atoms with Crippen molar-refractivity contribution in [3.63, 3.8) is 0 Å². The molecular weight excluding hydrogens is 340 g/mol. The van der Waals surface area contributed by atoms with Gasteiger partial charge in [0, 0.05) is 10.2 Å². The average molecular weight is 355 g/mol. The first kappa shape index (κ1) is 14.9. The summed E-state index contributed by atoms with van der Waals surface area (Å²) in [6.45, 7) is 3.68. The number of sulfonamides is 1. The maximum atomic E-state index is 12.4. The highest BCUT2D eigenvalue weighted by atomic mass is 79.9. The van der Waals surface area contributed by atoms with E-state index in [9.17, 15) is 8.42 Å². The third-order valence-corrected chi connectivity index (χ3v) is 4.97. The molecule has 2 aromatic carbocycles. The average Bonchev–Trinajstić information content (AvgIpc) is 2.36. The summed E-state index contributed by atoms with van der Waals surface area (Å²) < 4.78 is 28.0. The Kier molecular flexibility index (Phi) is 4.06. The SMILES string of the molecule is Cc1ccc(Br)c(NS(=O)(=O)c2ccc(N)c(C)c2)c1. The first-order valence-corrected chi connectivity index (χ1v) is 8.22. The van der Waals surface area contributed by atoms with Gasteiger partial charge in [0.05, 0.1) is 10.6 Å². The molecule has 0 unspecified atom stereocenters. The normalized spacial score (nSPS) is 11.3. The van der Waals surface area contributed by atoms with Crippen molar-refractivity contribution in [3.8, 4) is 0 Å². The van der Waals surface area contributed by atoms with E-state index >= 15 is 0 Å². The Balaban J connectivity index is 2.40. The van der Waals surface area contributed by atoms with Crippen LogP contribution >= 0.6 is 15.9 Å². The van der Waals surface area contributed by atoms with Crippen LogP contribution in [0.2, 0.25) is 0 Å². The molecule has 0 bridgehead atoms. The van der Waals surface area contributed by atoms with Crippen molar-refractivity contribution < 1.29 is 8.42 Å². The van der Waals surface area contributed by atoms with Crippen LogP contribution in [0.25, 0.3) is 0 Å². The summed E-state index contributed by atoms with van der Waals surface area (Å²) >= 11 is 3.33. The summed E-state index contributed by atoms with van der Waals surface area (Å²) in [5.74, 6) is 0. The number of nitrogens with one attached hydrogen (secondary N) is 1. The minimum atomic E-state index is -3.63. The molecule has 2 aromatic rings. The van der Waals surface area contributed by atoms with Gasteiger partial charge >= 0.3 is 0 Å². The van der Waals surface area contributed by atoms with Gasteiger partial charge in [-0.05, 0) is 71.2 Å². The molecule has 106 valence electrons. The van der Waals surface area contributed by atoms with Crippen LogP contribution in [0.15, 0.2) is 45.8 Å². The van der Waals surface area contributed by atoms with Crippen LogP contribution in [-0.4, -0.2) is 8.42 Å². The van der Waals surface area contributed by atoms with Gasteiger partial charge in [-0.25, -0.2) is 8.42 Å². The molecule has 0 saturated carbocycles. The third kappa shape index (κ3) is 3.13. The van der Waals surface area contributed by atoms with Crippen molar-refractivity contribution in [1.29, 1.82) is 0 Å². The quantitative estimate of drug-likeness (QED) is 0.829. The topological polar surface area (TPSA) is 72.2 Å². The van der Waals surface area contributed by atoms with Crippen LogP contribution in [0.4, 0.5) is 11.4 Å².